The number of aryl methyl sites for hydroxylation is 1. The van der Waals surface area contributed by atoms with Gasteiger partial charge in [0.1, 0.15) is 0 Å². The molecule has 4 rings (SSSR count). The van der Waals surface area contributed by atoms with Gasteiger partial charge in [0, 0.05) is 50.6 Å². The molecule has 2 aromatic carbocycles. The number of carbonyl (C=O) groups is 2. The van der Waals surface area contributed by atoms with Crippen LogP contribution in [0.3, 0.4) is 0 Å². The van der Waals surface area contributed by atoms with Gasteiger partial charge in [0.15, 0.2) is 0 Å². The van der Waals surface area contributed by atoms with Gasteiger partial charge in [-0.2, -0.15) is 5.10 Å². The predicted octanol–water partition coefficient (Wildman–Crippen LogP) is 3.06. The van der Waals surface area contributed by atoms with Crippen LogP contribution in [0.1, 0.15) is 27.9 Å². The molecule has 1 aromatic heterocycles. The van der Waals surface area contributed by atoms with Crippen molar-refractivity contribution in [3.8, 4) is 5.69 Å². The second-order valence-corrected chi connectivity index (χ2v) is 7.28. The molecule has 6 nitrogen and oxygen atoms in total. The third kappa shape index (κ3) is 4.21. The van der Waals surface area contributed by atoms with E-state index in [1.165, 1.54) is 5.56 Å². The molecule has 1 fully saturated rings. The Balaban J connectivity index is 1.47. The number of hydrogen-bond donors (Lipinski definition) is 0. The molecule has 1 aliphatic heterocycles. The lowest BCUT2D eigenvalue weighted by Crippen LogP contribution is -2.35. The molecule has 29 heavy (non-hydrogen) atoms. The number of hydrogen-bond acceptors (Lipinski definition) is 3. The Morgan fingerprint density at radius 1 is 1.03 bits per heavy atom. The van der Waals surface area contributed by atoms with Gasteiger partial charge in [0.05, 0.1) is 5.69 Å². The summed E-state index contributed by atoms with van der Waals surface area (Å²) >= 11 is 0. The highest BCUT2D eigenvalue weighted by atomic mass is 16.2. The molecule has 0 bridgehead atoms. The first kappa shape index (κ1) is 18.9. The molecule has 0 radical (unpaired) electrons. The lowest BCUT2D eigenvalue weighted by molar-refractivity contribution is -0.130. The fourth-order valence-corrected chi connectivity index (χ4v) is 3.62. The van der Waals surface area contributed by atoms with Crippen LogP contribution in [-0.2, 0) is 11.3 Å². The zero-order valence-electron chi connectivity index (χ0n) is 16.5. The van der Waals surface area contributed by atoms with Crippen molar-refractivity contribution in [1.29, 1.82) is 0 Å². The van der Waals surface area contributed by atoms with E-state index in [1.807, 2.05) is 53.6 Å². The van der Waals surface area contributed by atoms with Gasteiger partial charge in [-0.25, -0.2) is 4.68 Å². The van der Waals surface area contributed by atoms with Gasteiger partial charge < -0.3 is 9.80 Å². The number of rotatable bonds is 4. The molecule has 0 saturated carbocycles. The predicted molar refractivity (Wildman–Crippen MR) is 111 cm³/mol. The number of benzene rings is 2. The van der Waals surface area contributed by atoms with Gasteiger partial charge >= 0.3 is 0 Å². The first-order valence-corrected chi connectivity index (χ1v) is 9.83. The zero-order chi connectivity index (χ0) is 20.2. The van der Waals surface area contributed by atoms with Crippen molar-refractivity contribution in [1.82, 2.24) is 19.6 Å². The molecule has 0 atom stereocenters. The lowest BCUT2D eigenvalue weighted by Gasteiger charge is -2.23. The molecule has 2 amide bonds. The molecule has 2 heterocycles. The van der Waals surface area contributed by atoms with Crippen LogP contribution in [0.2, 0.25) is 0 Å². The molecule has 1 aliphatic rings. The van der Waals surface area contributed by atoms with Crippen molar-refractivity contribution >= 4 is 11.8 Å². The van der Waals surface area contributed by atoms with E-state index >= 15 is 0 Å². The maximum absolute atomic E-state index is 13.1. The smallest absolute Gasteiger partial charge is 0.254 e. The van der Waals surface area contributed by atoms with Crippen molar-refractivity contribution in [2.24, 2.45) is 0 Å². The minimum absolute atomic E-state index is 0.0513. The summed E-state index contributed by atoms with van der Waals surface area (Å²) in [6, 6.07) is 17.4. The Bertz CT molecular complexity index is 1010. The van der Waals surface area contributed by atoms with Crippen LogP contribution in [0, 0.1) is 6.92 Å². The van der Waals surface area contributed by atoms with Crippen molar-refractivity contribution < 1.29 is 9.59 Å². The Hall–Kier alpha value is -3.41. The van der Waals surface area contributed by atoms with Crippen LogP contribution >= 0.6 is 0 Å². The largest absolute Gasteiger partial charge is 0.337 e. The highest BCUT2D eigenvalue weighted by Crippen LogP contribution is 2.16. The molecular formula is C23H24N4O2. The number of aromatic nitrogens is 2. The third-order valence-corrected chi connectivity index (χ3v) is 5.36. The Morgan fingerprint density at radius 3 is 2.69 bits per heavy atom. The van der Waals surface area contributed by atoms with E-state index in [-0.39, 0.29) is 11.8 Å². The summed E-state index contributed by atoms with van der Waals surface area (Å²) < 4.78 is 1.73. The minimum Gasteiger partial charge on any atom is -0.337 e. The zero-order valence-corrected chi connectivity index (χ0v) is 16.5. The highest BCUT2D eigenvalue weighted by Gasteiger charge is 2.25. The first-order chi connectivity index (χ1) is 14.1. The van der Waals surface area contributed by atoms with E-state index in [4.69, 9.17) is 0 Å². The Labute approximate surface area is 170 Å². The van der Waals surface area contributed by atoms with E-state index in [2.05, 4.69) is 24.2 Å². The van der Waals surface area contributed by atoms with Crippen LogP contribution in [0.5, 0.6) is 0 Å². The van der Waals surface area contributed by atoms with E-state index in [0.29, 0.717) is 38.2 Å². The number of amides is 2. The summed E-state index contributed by atoms with van der Waals surface area (Å²) in [5.74, 6) is 0.0402. The summed E-state index contributed by atoms with van der Waals surface area (Å²) in [4.78, 5) is 29.3. The monoisotopic (exact) mass is 388 g/mol. The van der Waals surface area contributed by atoms with Crippen LogP contribution in [0.25, 0.3) is 5.69 Å². The molecule has 148 valence electrons. The van der Waals surface area contributed by atoms with Crippen LogP contribution < -0.4 is 0 Å². The topological polar surface area (TPSA) is 58.4 Å². The van der Waals surface area contributed by atoms with Crippen molar-refractivity contribution in [3.05, 3.63) is 83.7 Å². The lowest BCUT2D eigenvalue weighted by atomic mass is 10.1. The molecule has 0 unspecified atom stereocenters. The average Bonchev–Trinajstić information content (AvgIpc) is 3.22. The summed E-state index contributed by atoms with van der Waals surface area (Å²) in [7, 11) is 0. The highest BCUT2D eigenvalue weighted by molar-refractivity contribution is 5.95. The Kier molecular flexibility index (Phi) is 5.42. The Morgan fingerprint density at radius 2 is 1.90 bits per heavy atom. The normalized spacial score (nSPS) is 14.7. The van der Waals surface area contributed by atoms with E-state index in [0.717, 1.165) is 11.3 Å². The van der Waals surface area contributed by atoms with Gasteiger partial charge in [-0.1, -0.05) is 30.3 Å². The van der Waals surface area contributed by atoms with Gasteiger partial charge in [0.2, 0.25) is 5.91 Å². The molecule has 0 N–H and O–H groups in total. The maximum atomic E-state index is 13.1. The summed E-state index contributed by atoms with van der Waals surface area (Å²) in [5, 5.41) is 4.22. The molecule has 6 heteroatoms. The van der Waals surface area contributed by atoms with Gasteiger partial charge in [-0.3, -0.25) is 9.59 Å². The minimum atomic E-state index is -0.0513. The summed E-state index contributed by atoms with van der Waals surface area (Å²) in [6.07, 6.45) is 3.89. The van der Waals surface area contributed by atoms with E-state index in [9.17, 15) is 9.59 Å². The molecule has 1 saturated heterocycles. The standard InChI is InChI=1S/C23H24N4O2/c1-18-6-2-3-7-20(18)17-26-15-14-25(13-10-22(26)28)23(29)19-8-4-9-21(16-19)27-12-5-11-24-27/h2-9,11-12,16H,10,13-15,17H2,1H3. The van der Waals surface area contributed by atoms with E-state index in [1.54, 1.807) is 15.8 Å². The fraction of sp³-hybridized carbons (Fsp3) is 0.261. The van der Waals surface area contributed by atoms with Crippen molar-refractivity contribution in [2.75, 3.05) is 19.6 Å². The summed E-state index contributed by atoms with van der Waals surface area (Å²) in [5.41, 5.74) is 3.77. The SMILES string of the molecule is Cc1ccccc1CN1CCN(C(=O)c2cccc(-n3cccn3)c2)CCC1=O. The van der Waals surface area contributed by atoms with Crippen molar-refractivity contribution in [3.63, 3.8) is 0 Å². The van der Waals surface area contributed by atoms with Crippen LogP contribution in [0.15, 0.2) is 67.0 Å². The van der Waals surface area contributed by atoms with Gasteiger partial charge in [0.25, 0.3) is 5.91 Å². The average molecular weight is 388 g/mol. The first-order valence-electron chi connectivity index (χ1n) is 9.83. The fourth-order valence-electron chi connectivity index (χ4n) is 3.62. The number of nitrogens with zero attached hydrogens (tertiary/aromatic N) is 4. The summed E-state index contributed by atoms with van der Waals surface area (Å²) in [6.45, 7) is 4.15. The molecule has 0 spiro atoms. The second-order valence-electron chi connectivity index (χ2n) is 7.28. The van der Waals surface area contributed by atoms with Gasteiger partial charge in [-0.05, 0) is 42.3 Å². The quantitative estimate of drug-likeness (QED) is 0.690. The van der Waals surface area contributed by atoms with Crippen LogP contribution in [-0.4, -0.2) is 51.0 Å². The maximum Gasteiger partial charge on any atom is 0.254 e. The van der Waals surface area contributed by atoms with Crippen LogP contribution in [0.4, 0.5) is 0 Å². The third-order valence-electron chi connectivity index (χ3n) is 5.36. The molecular weight excluding hydrogens is 364 g/mol. The van der Waals surface area contributed by atoms with Gasteiger partial charge in [-0.15, -0.1) is 0 Å². The second kappa shape index (κ2) is 8.31. The van der Waals surface area contributed by atoms with Crippen molar-refractivity contribution in [2.45, 2.75) is 19.9 Å². The molecule has 3 aromatic rings. The molecule has 0 aliphatic carbocycles. The van der Waals surface area contributed by atoms with E-state index < -0.39 is 0 Å². The number of carbonyl (C=O) groups excluding carboxylic acids is 2.